The summed E-state index contributed by atoms with van der Waals surface area (Å²) in [6.45, 7) is 0. The molecule has 25 heavy (non-hydrogen) atoms. The van der Waals surface area contributed by atoms with Gasteiger partial charge in [0.1, 0.15) is 0 Å². The number of allylic oxidation sites excluding steroid dienone is 1. The number of ketones is 1. The molecule has 124 valence electrons. The van der Waals surface area contributed by atoms with E-state index >= 15 is 0 Å². The first kappa shape index (κ1) is 16.7. The largest absolute Gasteiger partial charge is 0.459 e. The standard InChI is InChI=1S/C20H14ClNO3/c21-16-8-3-14(4-9-16)5-12-18(23)15-6-10-17(11-7-15)22-20(24)19-2-1-13-25-19/h1-13H,(H,22,24)/b12-5+. The molecule has 5 heteroatoms. The number of hydrogen-bond acceptors (Lipinski definition) is 3. The van der Waals surface area contributed by atoms with Gasteiger partial charge in [-0.05, 0) is 60.2 Å². The number of nitrogens with one attached hydrogen (secondary N) is 1. The second-order valence-electron chi connectivity index (χ2n) is 5.26. The van der Waals surface area contributed by atoms with Crippen LogP contribution in [0.2, 0.25) is 5.02 Å². The molecule has 0 fully saturated rings. The number of anilines is 1. The van der Waals surface area contributed by atoms with Gasteiger partial charge < -0.3 is 9.73 Å². The molecule has 0 aliphatic rings. The van der Waals surface area contributed by atoms with Crippen LogP contribution in [0, 0.1) is 0 Å². The third kappa shape index (κ3) is 4.46. The number of hydrogen-bond donors (Lipinski definition) is 1. The van der Waals surface area contributed by atoms with Crippen molar-refractivity contribution in [2.75, 3.05) is 5.32 Å². The highest BCUT2D eigenvalue weighted by Gasteiger charge is 2.09. The van der Waals surface area contributed by atoms with Gasteiger partial charge in [-0.1, -0.05) is 29.8 Å². The average molecular weight is 352 g/mol. The number of carbonyl (C=O) groups excluding carboxylic acids is 2. The highest BCUT2D eigenvalue weighted by Crippen LogP contribution is 2.14. The summed E-state index contributed by atoms with van der Waals surface area (Å²) >= 11 is 5.83. The molecular formula is C20H14ClNO3. The molecule has 0 atom stereocenters. The molecule has 3 aromatic rings. The predicted octanol–water partition coefficient (Wildman–Crippen LogP) is 5.08. The smallest absolute Gasteiger partial charge is 0.291 e. The number of amides is 1. The van der Waals surface area contributed by atoms with Crippen molar-refractivity contribution < 1.29 is 14.0 Å². The van der Waals surface area contributed by atoms with Gasteiger partial charge in [0.2, 0.25) is 0 Å². The lowest BCUT2D eigenvalue weighted by molar-refractivity contribution is 0.0996. The van der Waals surface area contributed by atoms with Crippen LogP contribution in [-0.2, 0) is 0 Å². The van der Waals surface area contributed by atoms with Crippen LogP contribution < -0.4 is 5.32 Å². The Morgan fingerprint density at radius 2 is 1.68 bits per heavy atom. The summed E-state index contributed by atoms with van der Waals surface area (Å²) in [6, 6.07) is 17.1. The van der Waals surface area contributed by atoms with Crippen LogP contribution in [0.4, 0.5) is 5.69 Å². The summed E-state index contributed by atoms with van der Waals surface area (Å²) in [5.74, 6) is -0.239. The minimum Gasteiger partial charge on any atom is -0.459 e. The van der Waals surface area contributed by atoms with E-state index in [9.17, 15) is 9.59 Å². The fraction of sp³-hybridized carbons (Fsp3) is 0. The molecule has 1 heterocycles. The molecule has 0 bridgehead atoms. The molecular weight excluding hydrogens is 338 g/mol. The van der Waals surface area contributed by atoms with Gasteiger partial charge in [-0.15, -0.1) is 0 Å². The molecule has 0 radical (unpaired) electrons. The Morgan fingerprint density at radius 1 is 0.960 bits per heavy atom. The van der Waals surface area contributed by atoms with E-state index in [1.807, 2.05) is 12.1 Å². The maximum Gasteiger partial charge on any atom is 0.291 e. The van der Waals surface area contributed by atoms with E-state index in [0.29, 0.717) is 16.3 Å². The summed E-state index contributed by atoms with van der Waals surface area (Å²) in [6.07, 6.45) is 4.66. The number of benzene rings is 2. The predicted molar refractivity (Wildman–Crippen MR) is 97.9 cm³/mol. The minimum atomic E-state index is -0.341. The van der Waals surface area contributed by atoms with Gasteiger partial charge in [0.05, 0.1) is 6.26 Å². The second kappa shape index (κ2) is 7.64. The molecule has 1 N–H and O–H groups in total. The van der Waals surface area contributed by atoms with Crippen molar-refractivity contribution in [3.8, 4) is 0 Å². The number of halogens is 1. The van der Waals surface area contributed by atoms with Gasteiger partial charge >= 0.3 is 0 Å². The minimum absolute atomic E-state index is 0.126. The molecule has 0 saturated heterocycles. The Morgan fingerprint density at radius 3 is 2.32 bits per heavy atom. The van der Waals surface area contributed by atoms with E-state index in [1.165, 1.54) is 12.3 Å². The van der Waals surface area contributed by atoms with Gasteiger partial charge in [-0.3, -0.25) is 9.59 Å². The van der Waals surface area contributed by atoms with Crippen molar-refractivity contribution in [3.63, 3.8) is 0 Å². The SMILES string of the molecule is O=C(/C=C/c1ccc(Cl)cc1)c1ccc(NC(=O)c2ccco2)cc1. The van der Waals surface area contributed by atoms with E-state index < -0.39 is 0 Å². The van der Waals surface area contributed by atoms with Crippen molar-refractivity contribution in [1.29, 1.82) is 0 Å². The summed E-state index contributed by atoms with van der Waals surface area (Å²) in [4.78, 5) is 24.1. The first-order valence-corrected chi connectivity index (χ1v) is 7.92. The molecule has 1 aromatic heterocycles. The molecule has 0 unspecified atom stereocenters. The van der Waals surface area contributed by atoms with Crippen molar-refractivity contribution in [1.82, 2.24) is 0 Å². The Balaban J connectivity index is 1.64. The monoisotopic (exact) mass is 351 g/mol. The van der Waals surface area contributed by atoms with Crippen LogP contribution in [-0.4, -0.2) is 11.7 Å². The first-order valence-electron chi connectivity index (χ1n) is 7.55. The van der Waals surface area contributed by atoms with Gasteiger partial charge in [-0.25, -0.2) is 0 Å². The first-order chi connectivity index (χ1) is 12.1. The van der Waals surface area contributed by atoms with Crippen LogP contribution in [0.3, 0.4) is 0 Å². The topological polar surface area (TPSA) is 59.3 Å². The Hall–Kier alpha value is -3.11. The van der Waals surface area contributed by atoms with E-state index in [2.05, 4.69) is 5.32 Å². The summed E-state index contributed by atoms with van der Waals surface area (Å²) < 4.78 is 5.03. The van der Waals surface area contributed by atoms with Crippen molar-refractivity contribution in [3.05, 3.63) is 94.9 Å². The van der Waals surface area contributed by atoms with E-state index in [4.69, 9.17) is 16.0 Å². The zero-order valence-corrected chi connectivity index (χ0v) is 13.9. The maximum atomic E-state index is 12.2. The molecule has 3 rings (SSSR count). The highest BCUT2D eigenvalue weighted by molar-refractivity contribution is 6.30. The number of rotatable bonds is 5. The van der Waals surface area contributed by atoms with E-state index in [0.717, 1.165) is 5.56 Å². The van der Waals surface area contributed by atoms with Crippen LogP contribution >= 0.6 is 11.6 Å². The molecule has 1 amide bonds. The van der Waals surface area contributed by atoms with Crippen LogP contribution in [0.5, 0.6) is 0 Å². The summed E-state index contributed by atoms with van der Waals surface area (Å²) in [5, 5.41) is 3.35. The third-order valence-electron chi connectivity index (χ3n) is 3.47. The Bertz CT molecular complexity index is 895. The van der Waals surface area contributed by atoms with Gasteiger partial charge in [0, 0.05) is 16.3 Å². The second-order valence-corrected chi connectivity index (χ2v) is 5.69. The van der Waals surface area contributed by atoms with E-state index in [1.54, 1.807) is 54.6 Å². The quantitative estimate of drug-likeness (QED) is 0.515. The highest BCUT2D eigenvalue weighted by atomic mass is 35.5. The van der Waals surface area contributed by atoms with Crippen molar-refractivity contribution in [2.45, 2.75) is 0 Å². The number of carbonyl (C=O) groups is 2. The molecule has 0 aliphatic heterocycles. The summed E-state index contributed by atoms with van der Waals surface area (Å²) in [7, 11) is 0. The molecule has 0 aliphatic carbocycles. The molecule has 2 aromatic carbocycles. The Kier molecular flexibility index (Phi) is 5.11. The van der Waals surface area contributed by atoms with Crippen molar-refractivity contribution >= 4 is 35.1 Å². The lowest BCUT2D eigenvalue weighted by Gasteiger charge is -2.04. The lowest BCUT2D eigenvalue weighted by Crippen LogP contribution is -2.10. The molecule has 0 spiro atoms. The third-order valence-corrected chi connectivity index (χ3v) is 3.72. The Labute approximate surface area is 149 Å². The van der Waals surface area contributed by atoms with Gasteiger partial charge in [-0.2, -0.15) is 0 Å². The maximum absolute atomic E-state index is 12.2. The fourth-order valence-corrected chi connectivity index (χ4v) is 2.29. The molecule has 4 nitrogen and oxygen atoms in total. The molecule has 0 saturated carbocycles. The normalized spacial score (nSPS) is 10.8. The van der Waals surface area contributed by atoms with Gasteiger partial charge in [0.15, 0.2) is 11.5 Å². The van der Waals surface area contributed by atoms with Gasteiger partial charge in [0.25, 0.3) is 5.91 Å². The van der Waals surface area contributed by atoms with Crippen LogP contribution in [0.1, 0.15) is 26.5 Å². The average Bonchev–Trinajstić information content (AvgIpc) is 3.16. The number of furan rings is 1. The fourth-order valence-electron chi connectivity index (χ4n) is 2.16. The van der Waals surface area contributed by atoms with Crippen LogP contribution in [0.15, 0.2) is 77.4 Å². The van der Waals surface area contributed by atoms with Crippen LogP contribution in [0.25, 0.3) is 6.08 Å². The zero-order chi connectivity index (χ0) is 17.6. The van der Waals surface area contributed by atoms with E-state index in [-0.39, 0.29) is 17.5 Å². The summed E-state index contributed by atoms with van der Waals surface area (Å²) in [5.41, 5.74) is 2.00. The lowest BCUT2D eigenvalue weighted by atomic mass is 10.1. The van der Waals surface area contributed by atoms with Crippen molar-refractivity contribution in [2.24, 2.45) is 0 Å². The zero-order valence-electron chi connectivity index (χ0n) is 13.1.